The Morgan fingerprint density at radius 3 is 2.01 bits per heavy atom. The van der Waals surface area contributed by atoms with Crippen LogP contribution in [0.1, 0.15) is 31.4 Å². The summed E-state index contributed by atoms with van der Waals surface area (Å²) in [6.07, 6.45) is 1.56. The minimum Gasteiger partial charge on any atom is -0.477 e. The van der Waals surface area contributed by atoms with Gasteiger partial charge < -0.3 is 25.1 Å². The van der Waals surface area contributed by atoms with Gasteiger partial charge in [-0.2, -0.15) is 4.31 Å². The highest BCUT2D eigenvalue weighted by molar-refractivity contribution is 8.00. The van der Waals surface area contributed by atoms with Crippen molar-refractivity contribution in [2.24, 2.45) is 0 Å². The first-order valence-corrected chi connectivity index (χ1v) is 27.4. The number of para-hydroxylation sites is 2. The van der Waals surface area contributed by atoms with Gasteiger partial charge in [0.05, 0.1) is 50.3 Å². The zero-order valence-corrected chi connectivity index (χ0v) is 41.2. The van der Waals surface area contributed by atoms with E-state index in [4.69, 9.17) is 4.42 Å². The summed E-state index contributed by atoms with van der Waals surface area (Å²) in [5.74, 6) is -3.52. The molecule has 0 spiro atoms. The lowest BCUT2D eigenvalue weighted by Gasteiger charge is -2.50. The molecule has 3 fully saturated rings. The Morgan fingerprint density at radius 2 is 1.42 bits per heavy atom. The van der Waals surface area contributed by atoms with Crippen LogP contribution in [0.15, 0.2) is 130 Å². The second-order valence-corrected chi connectivity index (χ2v) is 25.1. The number of carboxylic acids is 1. The summed E-state index contributed by atoms with van der Waals surface area (Å²) < 4.78 is 62.8. The number of rotatable bonds is 10. The van der Waals surface area contributed by atoms with Crippen molar-refractivity contribution >= 4 is 100 Å². The number of amides is 3. The molecule has 3 saturated heterocycles. The summed E-state index contributed by atoms with van der Waals surface area (Å²) >= 11 is 1.15. The summed E-state index contributed by atoms with van der Waals surface area (Å²) in [6, 6.07) is 32.7. The molecule has 6 aromatic rings. The zero-order chi connectivity index (χ0) is 49.5. The maximum atomic E-state index is 15.1. The molecule has 3 amide bonds. The quantitative estimate of drug-likeness (QED) is 0.0868. The second-order valence-electron chi connectivity index (χ2n) is 19.3. The molecule has 19 heteroatoms. The number of thioether (sulfide) groups is 1. The van der Waals surface area contributed by atoms with Crippen LogP contribution in [0.2, 0.25) is 0 Å². The molecule has 0 radical (unpaired) electrons. The van der Waals surface area contributed by atoms with Crippen molar-refractivity contribution in [2.45, 2.75) is 65.6 Å². The molecule has 362 valence electrons. The Kier molecular flexibility index (Phi) is 10.3. The molecule has 0 bridgehead atoms. The van der Waals surface area contributed by atoms with E-state index in [0.29, 0.717) is 33.1 Å². The first-order chi connectivity index (χ1) is 34.0. The van der Waals surface area contributed by atoms with Crippen molar-refractivity contribution in [1.29, 1.82) is 0 Å². The molecule has 1 unspecified atom stereocenters. The van der Waals surface area contributed by atoms with Gasteiger partial charge in [0.15, 0.2) is 9.84 Å². The third-order valence-corrected chi connectivity index (χ3v) is 21.1. The highest BCUT2D eigenvalue weighted by Gasteiger charge is 2.68. The SMILES string of the molecule is CN(CC1=C(C(=O)O)N2C(=O)[C@@H](NC(=O)[C@@H]3N4C(=O)C[C@H]4S(=O)(=O)C3(C)C)C2SC1)S(=O)(=O)c1ccccc1-c1c2ccc(N3CCc4ccccc43)cc2[o+]c2cc(N3CCc4ccccc43)ccc12. The van der Waals surface area contributed by atoms with E-state index in [-0.39, 0.29) is 29.2 Å². The summed E-state index contributed by atoms with van der Waals surface area (Å²) in [6.45, 7) is 3.94. The number of sulfone groups is 1. The smallest absolute Gasteiger partial charge is 0.363 e. The molecule has 1 aromatic heterocycles. The number of nitrogens with one attached hydrogen (secondary N) is 1. The number of sulfonamides is 1. The van der Waals surface area contributed by atoms with Gasteiger partial charge in [0.2, 0.25) is 21.8 Å². The maximum Gasteiger partial charge on any atom is 0.363 e. The number of aliphatic carboxylic acids is 1. The lowest BCUT2D eigenvalue weighted by atomic mass is 9.96. The zero-order valence-electron chi connectivity index (χ0n) is 38.7. The van der Waals surface area contributed by atoms with Crippen LogP contribution in [-0.2, 0) is 51.9 Å². The molecule has 6 aliphatic rings. The Morgan fingerprint density at radius 1 is 0.845 bits per heavy atom. The predicted octanol–water partition coefficient (Wildman–Crippen LogP) is 6.42. The summed E-state index contributed by atoms with van der Waals surface area (Å²) in [7, 11) is -6.92. The fraction of sp³-hybridized carbons (Fsp3) is 0.288. The molecular weight excluding hydrogens is 965 g/mol. The molecule has 71 heavy (non-hydrogen) atoms. The monoisotopic (exact) mass is 1010 g/mol. The van der Waals surface area contributed by atoms with E-state index in [1.807, 2.05) is 60.7 Å². The van der Waals surface area contributed by atoms with Gasteiger partial charge >= 0.3 is 17.1 Å². The minimum atomic E-state index is -4.40. The largest absolute Gasteiger partial charge is 0.477 e. The number of likely N-dealkylation sites (N-methyl/N-ethyl adjacent to an activating group) is 1. The van der Waals surface area contributed by atoms with Gasteiger partial charge in [-0.25, -0.2) is 26.0 Å². The van der Waals surface area contributed by atoms with Crippen LogP contribution >= 0.6 is 11.8 Å². The topological polar surface area (TPSA) is 196 Å². The van der Waals surface area contributed by atoms with E-state index in [1.165, 1.54) is 38.1 Å². The van der Waals surface area contributed by atoms with Crippen LogP contribution in [0.5, 0.6) is 0 Å². The first kappa shape index (κ1) is 45.3. The van der Waals surface area contributed by atoms with Gasteiger partial charge in [0.25, 0.3) is 5.91 Å². The van der Waals surface area contributed by atoms with E-state index < -0.39 is 76.8 Å². The minimum absolute atomic E-state index is 0.00304. The predicted molar refractivity (Wildman–Crippen MR) is 269 cm³/mol. The van der Waals surface area contributed by atoms with Crippen LogP contribution in [0.25, 0.3) is 33.1 Å². The number of hydrogen-bond acceptors (Lipinski definition) is 11. The lowest BCUT2D eigenvalue weighted by molar-refractivity contribution is -0.154. The van der Waals surface area contributed by atoms with Gasteiger partial charge in [-0.05, 0) is 85.9 Å². The third-order valence-electron chi connectivity index (χ3n) is 15.1. The molecule has 12 rings (SSSR count). The maximum absolute atomic E-state index is 15.1. The van der Waals surface area contributed by atoms with E-state index in [2.05, 4.69) is 39.4 Å². The van der Waals surface area contributed by atoms with E-state index in [9.17, 15) is 32.7 Å². The standard InChI is InChI=1S/C52H46N6O10S3/c1-52(2)47(57-42(59)26-43(57)70(52,64)65)48(60)53-45-49(61)58-46(51(62)63)31(28-69-50(45)58)27-54(3)71(66,67)41-15-9-6-12-36(41)44-34-18-16-32(55-22-20-29-10-4-7-13-37(29)55)24-39(34)68-40-25-33(17-19-35(40)44)56-23-21-30-11-5-8-14-38(30)56/h4-19,24-25,43,45,47,50H,20-23,26-28H2,1-3H3,(H-,53,60,62,63)/p+1/t43-,45-,47+,50?/m1/s1. The highest BCUT2D eigenvalue weighted by atomic mass is 32.2. The molecule has 2 N–H and O–H groups in total. The number of carbonyl (C=O) groups is 4. The number of fused-ring (bicyclic) bond motifs is 6. The van der Waals surface area contributed by atoms with Crippen LogP contribution in [0.4, 0.5) is 22.7 Å². The number of anilines is 4. The van der Waals surface area contributed by atoms with E-state index in [0.717, 1.165) is 74.5 Å². The average molecular weight is 1010 g/mol. The first-order valence-electron chi connectivity index (χ1n) is 23.3. The summed E-state index contributed by atoms with van der Waals surface area (Å²) in [4.78, 5) is 59.6. The number of carbonyl (C=O) groups excluding carboxylic acids is 3. The van der Waals surface area contributed by atoms with Crippen molar-refractivity contribution < 1.29 is 45.5 Å². The van der Waals surface area contributed by atoms with Gasteiger partial charge in [0, 0.05) is 54.9 Å². The number of hydrogen-bond donors (Lipinski definition) is 2. The van der Waals surface area contributed by atoms with Crippen LogP contribution in [0.3, 0.4) is 0 Å². The van der Waals surface area contributed by atoms with Crippen molar-refractivity contribution in [2.75, 3.05) is 42.2 Å². The van der Waals surface area contributed by atoms with Crippen molar-refractivity contribution in [3.63, 3.8) is 0 Å². The Bertz CT molecular complexity index is 3520. The van der Waals surface area contributed by atoms with Gasteiger partial charge in [-0.15, -0.1) is 11.8 Å². The Hall–Kier alpha value is -6.80. The Labute approximate surface area is 413 Å². The average Bonchev–Trinajstić information content (AvgIpc) is 4.03. The second kappa shape index (κ2) is 16.1. The molecule has 16 nitrogen and oxygen atoms in total. The fourth-order valence-corrected chi connectivity index (χ4v) is 16.2. The van der Waals surface area contributed by atoms with Crippen LogP contribution < -0.4 is 15.1 Å². The Balaban J connectivity index is 0.883. The molecule has 7 heterocycles. The van der Waals surface area contributed by atoms with Crippen molar-refractivity contribution in [1.82, 2.24) is 19.4 Å². The molecule has 5 aromatic carbocycles. The van der Waals surface area contributed by atoms with Gasteiger partial charge in [-0.1, -0.05) is 54.6 Å². The number of nitrogens with zero attached hydrogens (tertiary/aromatic N) is 5. The third kappa shape index (κ3) is 6.68. The molecule has 4 atom stereocenters. The highest BCUT2D eigenvalue weighted by Crippen LogP contribution is 2.48. The fourth-order valence-electron chi connectivity index (χ4n) is 11.4. The summed E-state index contributed by atoms with van der Waals surface area (Å²) in [5.41, 5.74) is 8.54. The van der Waals surface area contributed by atoms with Crippen LogP contribution in [-0.4, -0.2) is 120 Å². The van der Waals surface area contributed by atoms with E-state index in [1.54, 1.807) is 18.2 Å². The molecule has 0 saturated carbocycles. The number of carboxylic acid groups (broad SMARTS) is 1. The van der Waals surface area contributed by atoms with E-state index >= 15 is 8.42 Å². The normalized spacial score (nSPS) is 22.9. The number of β-lactam (4-membered cyclic amide) rings is 2. The summed E-state index contributed by atoms with van der Waals surface area (Å²) in [5, 5.41) is 12.6. The van der Waals surface area contributed by atoms with Gasteiger partial charge in [0.1, 0.15) is 28.5 Å². The lowest BCUT2D eigenvalue weighted by Crippen LogP contribution is -2.72. The van der Waals surface area contributed by atoms with Gasteiger partial charge in [-0.3, -0.25) is 19.3 Å². The number of benzene rings is 5. The molecule has 0 aliphatic carbocycles. The molecular formula is C52H47N6O10S3+. The van der Waals surface area contributed by atoms with Crippen LogP contribution in [0, 0.1) is 0 Å². The van der Waals surface area contributed by atoms with Crippen molar-refractivity contribution in [3.05, 3.63) is 132 Å². The molecule has 6 aliphatic heterocycles. The van der Waals surface area contributed by atoms with Crippen molar-refractivity contribution in [3.8, 4) is 11.1 Å².